The fourth-order valence-electron chi connectivity index (χ4n) is 8.52. The molecule has 0 aliphatic heterocycles. The summed E-state index contributed by atoms with van der Waals surface area (Å²) < 4.78 is 17.1. The Labute approximate surface area is 416 Å². The maximum Gasteiger partial charge on any atom is 0.123 e. The van der Waals surface area contributed by atoms with Gasteiger partial charge < -0.3 is 9.55 Å². The Balaban J connectivity index is 0.000000289. The molecule has 0 amide bonds. The molecule has 4 heterocycles. The van der Waals surface area contributed by atoms with Gasteiger partial charge in [0.05, 0.1) is 36.3 Å². The molecule has 0 aliphatic carbocycles. The van der Waals surface area contributed by atoms with Crippen LogP contribution >= 0.6 is 11.3 Å². The Bertz CT molecular complexity index is 3460. The number of hydrogen-bond acceptors (Lipinski definition) is 4. The second-order valence-electron chi connectivity index (χ2n) is 18.9. The molecule has 337 valence electrons. The number of fused-ring (bicyclic) bond motifs is 4. The molecule has 0 unspecified atom stereocenters. The monoisotopic (exact) mass is 1100 g/mol. The quantitative estimate of drug-likeness (QED) is 0.118. The molecule has 0 bridgehead atoms. The molecule has 11 aromatic rings. The fraction of sp³-hybridized carbons (Fsp3) is 0.117. The smallest absolute Gasteiger partial charge is 0.123 e. The van der Waals surface area contributed by atoms with E-state index in [9.17, 15) is 4.39 Å². The van der Waals surface area contributed by atoms with Gasteiger partial charge in [-0.1, -0.05) is 142 Å². The Morgan fingerprint density at radius 2 is 1.25 bits per heavy atom. The molecule has 11 rings (SSSR count). The predicted octanol–water partition coefficient (Wildman–Crippen LogP) is 15.8. The third kappa shape index (κ3) is 9.30. The number of aromatic nitrogens is 4. The second-order valence-corrected chi connectivity index (χ2v) is 24.9. The first-order valence-electron chi connectivity index (χ1n) is 22.6. The summed E-state index contributed by atoms with van der Waals surface area (Å²) in [4.78, 5) is 15.9. The van der Waals surface area contributed by atoms with Crippen LogP contribution in [-0.2, 0) is 25.5 Å². The van der Waals surface area contributed by atoms with Crippen molar-refractivity contribution in [2.24, 2.45) is 0 Å². The van der Waals surface area contributed by atoms with E-state index in [0.717, 1.165) is 93.2 Å². The summed E-state index contributed by atoms with van der Waals surface area (Å²) in [7, 11) is -1.23. The van der Waals surface area contributed by atoms with E-state index in [1.54, 1.807) is 23.5 Å². The van der Waals surface area contributed by atoms with Gasteiger partial charge in [0.25, 0.3) is 0 Å². The number of imidazole rings is 1. The maximum absolute atomic E-state index is 13.7. The molecule has 68 heavy (non-hydrogen) atoms. The second kappa shape index (κ2) is 19.1. The summed E-state index contributed by atoms with van der Waals surface area (Å²) in [5.74, 6) is 0.564. The van der Waals surface area contributed by atoms with Gasteiger partial charge in [-0.2, -0.15) is 11.3 Å². The van der Waals surface area contributed by atoms with Crippen LogP contribution in [0.3, 0.4) is 0 Å². The minimum Gasteiger partial charge on any atom is -0.332 e. The molecule has 1 radical (unpaired) electrons. The van der Waals surface area contributed by atoms with Gasteiger partial charge >= 0.3 is 0 Å². The van der Waals surface area contributed by atoms with E-state index in [2.05, 4.69) is 177 Å². The molecule has 0 N–H and O–H groups in total. The SMILES string of the molecule is CC(C)(C)c1cc(-c2ccccc2)c(-n2c(-c3[c-]ccc4c3sc3nc(-c5ccc(F)cc5)ccc34)nc3ccccc32)c(-c2ccccc2)c1.C[Si](C)(C)c1ccc(-c2[c-]cccc2)nc1.[Ir]. The van der Waals surface area contributed by atoms with Crippen molar-refractivity contribution < 1.29 is 24.5 Å². The third-order valence-corrected chi connectivity index (χ3v) is 15.4. The number of nitrogens with zero attached hydrogens (tertiary/aromatic N) is 4. The van der Waals surface area contributed by atoms with Crippen LogP contribution < -0.4 is 5.19 Å². The molecule has 7 aromatic carbocycles. The standard InChI is InChI=1S/C46H33FN3S.C14H16NSi.Ir/c1-46(2,3)32-27-37(29-13-6-4-7-14-29)42(38(28-32)30-15-8-5-9-16-30)50-41-20-11-10-19-40(41)48-44(50)36-18-12-17-34-35-25-26-39(49-45(35)51-43(34)36)31-21-23-33(47)24-22-31;1-16(2,3)13-9-10-14(15-11-13)12-7-5-4-6-8-12;/h4-17,19-28H,1-3H3;4-7,9-11H,1-3H3;/q2*-1;. The van der Waals surface area contributed by atoms with Gasteiger partial charge in [0.2, 0.25) is 0 Å². The van der Waals surface area contributed by atoms with Crippen molar-refractivity contribution in [3.63, 3.8) is 0 Å². The zero-order valence-electron chi connectivity index (χ0n) is 38.8. The predicted molar refractivity (Wildman–Crippen MR) is 282 cm³/mol. The van der Waals surface area contributed by atoms with Crippen LogP contribution in [0, 0.1) is 17.9 Å². The molecule has 4 aromatic heterocycles. The Morgan fingerprint density at radius 1 is 0.603 bits per heavy atom. The van der Waals surface area contributed by atoms with E-state index >= 15 is 0 Å². The number of para-hydroxylation sites is 2. The van der Waals surface area contributed by atoms with Crippen LogP contribution in [0.1, 0.15) is 26.3 Å². The number of thiophene rings is 1. The molecular formula is C60H49FIrN4SSi-2. The van der Waals surface area contributed by atoms with Crippen LogP contribution in [0.15, 0.2) is 188 Å². The summed E-state index contributed by atoms with van der Waals surface area (Å²) in [6, 6.07) is 68.3. The van der Waals surface area contributed by atoms with Crippen LogP contribution in [-0.4, -0.2) is 27.6 Å². The van der Waals surface area contributed by atoms with Crippen LogP contribution in [0.2, 0.25) is 19.6 Å². The molecule has 0 saturated carbocycles. The molecule has 0 spiro atoms. The number of pyridine rings is 2. The minimum absolute atomic E-state index is 0. The van der Waals surface area contributed by atoms with Crippen molar-refractivity contribution in [2.75, 3.05) is 0 Å². The summed E-state index contributed by atoms with van der Waals surface area (Å²) >= 11 is 1.65. The van der Waals surface area contributed by atoms with Crippen LogP contribution in [0.4, 0.5) is 4.39 Å². The van der Waals surface area contributed by atoms with Gasteiger partial charge in [-0.3, -0.25) is 4.98 Å². The van der Waals surface area contributed by atoms with Gasteiger partial charge in [-0.25, -0.2) is 9.37 Å². The van der Waals surface area contributed by atoms with Crippen LogP contribution in [0.25, 0.3) is 93.2 Å². The first-order valence-corrected chi connectivity index (χ1v) is 26.9. The van der Waals surface area contributed by atoms with Gasteiger partial charge in [0.1, 0.15) is 10.6 Å². The van der Waals surface area contributed by atoms with E-state index in [4.69, 9.17) is 9.97 Å². The Kier molecular flexibility index (Phi) is 13.1. The van der Waals surface area contributed by atoms with Gasteiger partial charge in [0, 0.05) is 43.0 Å². The fourth-order valence-corrected chi connectivity index (χ4v) is 10.7. The maximum atomic E-state index is 13.7. The number of benzene rings is 7. The van der Waals surface area contributed by atoms with Crippen molar-refractivity contribution >= 4 is 55.9 Å². The van der Waals surface area contributed by atoms with E-state index in [1.165, 1.54) is 22.9 Å². The first-order chi connectivity index (χ1) is 32.4. The van der Waals surface area contributed by atoms with Crippen molar-refractivity contribution in [3.05, 3.63) is 212 Å². The van der Waals surface area contributed by atoms with Crippen molar-refractivity contribution in [1.82, 2.24) is 19.5 Å². The van der Waals surface area contributed by atoms with Crippen molar-refractivity contribution in [3.8, 4) is 61.8 Å². The molecule has 0 saturated heterocycles. The molecule has 4 nitrogen and oxygen atoms in total. The normalized spacial score (nSPS) is 11.6. The molecule has 8 heteroatoms. The van der Waals surface area contributed by atoms with Crippen molar-refractivity contribution in [1.29, 1.82) is 0 Å². The molecule has 0 atom stereocenters. The summed E-state index contributed by atoms with van der Waals surface area (Å²) in [6.07, 6.45) is 2.02. The molecule has 0 fully saturated rings. The number of halogens is 1. The van der Waals surface area contributed by atoms with E-state index in [-0.39, 0.29) is 31.3 Å². The number of hydrogen-bond donors (Lipinski definition) is 0. The van der Waals surface area contributed by atoms with Crippen molar-refractivity contribution in [2.45, 2.75) is 45.8 Å². The van der Waals surface area contributed by atoms with Crippen LogP contribution in [0.5, 0.6) is 0 Å². The van der Waals surface area contributed by atoms with Gasteiger partial charge in [-0.15, -0.1) is 54.1 Å². The number of rotatable bonds is 7. The van der Waals surface area contributed by atoms with Gasteiger partial charge in [-0.05, 0) is 97.7 Å². The van der Waals surface area contributed by atoms with E-state index in [0.29, 0.717) is 0 Å². The average molecular weight is 1100 g/mol. The summed E-state index contributed by atoms with van der Waals surface area (Å²) in [6.45, 7) is 13.8. The third-order valence-electron chi connectivity index (χ3n) is 12.2. The minimum atomic E-state index is -1.23. The molecular weight excluding hydrogens is 1050 g/mol. The van der Waals surface area contributed by atoms with E-state index in [1.807, 2.05) is 48.7 Å². The average Bonchev–Trinajstić information content (AvgIpc) is 3.93. The Morgan fingerprint density at radius 3 is 1.87 bits per heavy atom. The largest absolute Gasteiger partial charge is 0.332 e. The summed E-state index contributed by atoms with van der Waals surface area (Å²) in [5, 5.41) is 3.57. The first kappa shape index (κ1) is 46.4. The Hall–Kier alpha value is -6.67. The van der Waals surface area contributed by atoms with E-state index < -0.39 is 8.07 Å². The molecule has 0 aliphatic rings. The van der Waals surface area contributed by atoms with Gasteiger partial charge in [0.15, 0.2) is 0 Å². The topological polar surface area (TPSA) is 43.6 Å². The zero-order valence-corrected chi connectivity index (χ0v) is 43.0. The zero-order chi connectivity index (χ0) is 46.3. The summed E-state index contributed by atoms with van der Waals surface area (Å²) in [5.41, 5.74) is 13.4.